The molecular weight excluding hydrogens is 473 g/mol. The van der Waals surface area contributed by atoms with Crippen LogP contribution in [0.2, 0.25) is 0 Å². The molecule has 1 aliphatic carbocycles. The monoisotopic (exact) mass is 517 g/mol. The van der Waals surface area contributed by atoms with Crippen LogP contribution >= 0.6 is 0 Å². The summed E-state index contributed by atoms with van der Waals surface area (Å²) in [5, 5.41) is 2.72. The third-order valence-electron chi connectivity index (χ3n) is 5.40. The third kappa shape index (κ3) is 10.2. The summed E-state index contributed by atoms with van der Waals surface area (Å²) < 4.78 is 5.48. The van der Waals surface area contributed by atoms with E-state index in [1.165, 1.54) is 4.90 Å². The predicted octanol–water partition coefficient (Wildman–Crippen LogP) is 3.60. The molecule has 8 heteroatoms. The summed E-state index contributed by atoms with van der Waals surface area (Å²) in [6.07, 6.45) is 2.06. The molecule has 0 bridgehead atoms. The Hall–Kier alpha value is -0.656. The number of ketones is 1. The van der Waals surface area contributed by atoms with Crippen molar-refractivity contribution < 1.29 is 58.1 Å². The topological polar surface area (TPSA) is 92.8 Å². The number of imide groups is 1. The van der Waals surface area contributed by atoms with Gasteiger partial charge in [-0.25, -0.2) is 0 Å². The van der Waals surface area contributed by atoms with Gasteiger partial charge in [0.1, 0.15) is 5.78 Å². The number of amides is 3. The van der Waals surface area contributed by atoms with Gasteiger partial charge in [-0.15, -0.1) is 0 Å². The van der Waals surface area contributed by atoms with Crippen molar-refractivity contribution in [3.05, 3.63) is 0 Å². The van der Waals surface area contributed by atoms with Crippen molar-refractivity contribution in [2.45, 2.75) is 81.1 Å². The Bertz CT molecular complexity index is 604. The van der Waals surface area contributed by atoms with Gasteiger partial charge in [0.05, 0.1) is 24.5 Å². The minimum Gasteiger partial charge on any atom is -0.379 e. The molecule has 1 heterocycles. The number of hydrogen-bond acceptors (Lipinski definition) is 5. The number of ether oxygens (including phenoxy) is 1. The smallest absolute Gasteiger partial charge is 0.233 e. The Morgan fingerprint density at radius 2 is 1.71 bits per heavy atom. The molecule has 0 aromatic rings. The molecule has 2 aliphatic rings. The second-order valence-electron chi connectivity index (χ2n) is 8.50. The molecule has 1 N–H and O–H groups in total. The number of carbonyl (C=O) groups excluding carboxylic acids is 4. The van der Waals surface area contributed by atoms with Crippen LogP contribution in [-0.2, 0) is 56.6 Å². The van der Waals surface area contributed by atoms with E-state index in [0.717, 1.165) is 12.8 Å². The van der Waals surface area contributed by atoms with Crippen molar-refractivity contribution >= 4 is 23.5 Å². The summed E-state index contributed by atoms with van der Waals surface area (Å²) in [5.41, 5.74) is -0.552. The molecular formula is C23H44N2O5Y. The fraction of sp³-hybridized carbons (Fsp3) is 0.826. The molecule has 1 unspecified atom stereocenters. The SMILES string of the molecule is CC.CC.CC(=O)C1(COCCNC(=O)CCN2C(=O)CC(C(C)(C)C)C2=O)CC1.[HH].[Y]. The molecule has 1 atom stereocenters. The van der Waals surface area contributed by atoms with Gasteiger partial charge < -0.3 is 10.1 Å². The predicted molar refractivity (Wildman–Crippen MR) is 120 cm³/mol. The van der Waals surface area contributed by atoms with Crippen LogP contribution in [0.25, 0.3) is 0 Å². The molecule has 2 rings (SSSR count). The average molecular weight is 518 g/mol. The van der Waals surface area contributed by atoms with Gasteiger partial charge in [-0.05, 0) is 25.2 Å². The number of nitrogens with zero attached hydrogens (tertiary/aromatic N) is 1. The van der Waals surface area contributed by atoms with Crippen molar-refractivity contribution in [1.29, 1.82) is 0 Å². The van der Waals surface area contributed by atoms with Crippen molar-refractivity contribution in [1.82, 2.24) is 10.2 Å². The normalized spacial score (nSPS) is 18.7. The first-order valence-electron chi connectivity index (χ1n) is 11.3. The fourth-order valence-corrected chi connectivity index (χ4v) is 3.18. The summed E-state index contributed by atoms with van der Waals surface area (Å²) in [6, 6.07) is 0. The van der Waals surface area contributed by atoms with Crippen molar-refractivity contribution in [2.24, 2.45) is 16.7 Å². The van der Waals surface area contributed by atoms with E-state index in [4.69, 9.17) is 4.74 Å². The van der Waals surface area contributed by atoms with E-state index in [-0.39, 0.29) is 93.8 Å². The van der Waals surface area contributed by atoms with Gasteiger partial charge in [0.15, 0.2) is 0 Å². The van der Waals surface area contributed by atoms with E-state index in [9.17, 15) is 19.2 Å². The molecule has 0 aromatic carbocycles. The standard InChI is InChI=1S/C19H30N2O5.2C2H6.Y.H2/c1-13(22)19(6-7-19)12-26-10-8-20-15(23)5-9-21-16(24)11-14(17(21)25)18(2,3)4;2*1-2;;/h14H,5-12H2,1-4H3,(H,20,23);2*1-2H3;;1H. The second-order valence-corrected chi connectivity index (χ2v) is 8.50. The van der Waals surface area contributed by atoms with Gasteiger partial charge in [0.2, 0.25) is 17.7 Å². The quantitative estimate of drug-likeness (QED) is 0.373. The van der Waals surface area contributed by atoms with E-state index in [1.54, 1.807) is 6.92 Å². The van der Waals surface area contributed by atoms with Crippen LogP contribution in [0.15, 0.2) is 0 Å². The minimum atomic E-state index is -0.317. The molecule has 2 fully saturated rings. The maximum Gasteiger partial charge on any atom is 0.233 e. The van der Waals surface area contributed by atoms with Gasteiger partial charge in [-0.1, -0.05) is 48.5 Å². The first-order chi connectivity index (χ1) is 14.1. The first kappa shape index (κ1) is 32.5. The van der Waals surface area contributed by atoms with Gasteiger partial charge >= 0.3 is 0 Å². The van der Waals surface area contributed by atoms with Gasteiger partial charge in [0, 0.05) is 60.1 Å². The summed E-state index contributed by atoms with van der Waals surface area (Å²) in [6.45, 7) is 16.6. The van der Waals surface area contributed by atoms with Crippen LogP contribution in [0, 0.1) is 16.7 Å². The number of rotatable bonds is 9. The maximum atomic E-state index is 12.4. The van der Waals surface area contributed by atoms with Crippen molar-refractivity contribution in [3.8, 4) is 0 Å². The molecule has 7 nitrogen and oxygen atoms in total. The number of likely N-dealkylation sites (tertiary alicyclic amines) is 1. The fourth-order valence-electron chi connectivity index (χ4n) is 3.18. The van der Waals surface area contributed by atoms with Crippen LogP contribution < -0.4 is 5.32 Å². The van der Waals surface area contributed by atoms with Crippen molar-refractivity contribution in [2.75, 3.05) is 26.3 Å². The molecule has 1 saturated heterocycles. The molecule has 1 aliphatic heterocycles. The summed E-state index contributed by atoms with van der Waals surface area (Å²) >= 11 is 0. The van der Waals surface area contributed by atoms with Crippen LogP contribution in [0.5, 0.6) is 0 Å². The van der Waals surface area contributed by atoms with Crippen LogP contribution in [0.1, 0.15) is 82.5 Å². The zero-order valence-electron chi connectivity index (χ0n) is 20.8. The van der Waals surface area contributed by atoms with Gasteiger partial charge in [-0.3, -0.25) is 24.1 Å². The Balaban J connectivity index is -0.00000132. The number of Topliss-reactive ketones (excluding diaryl/α,β-unsaturated/α-hetero) is 1. The second kappa shape index (κ2) is 15.2. The largest absolute Gasteiger partial charge is 0.379 e. The molecule has 1 saturated carbocycles. The molecule has 3 amide bonds. The third-order valence-corrected chi connectivity index (χ3v) is 5.40. The molecule has 0 spiro atoms. The zero-order valence-corrected chi connectivity index (χ0v) is 23.6. The first-order valence-corrected chi connectivity index (χ1v) is 11.3. The Morgan fingerprint density at radius 3 is 2.13 bits per heavy atom. The Morgan fingerprint density at radius 1 is 1.16 bits per heavy atom. The van der Waals surface area contributed by atoms with E-state index in [1.807, 2.05) is 48.5 Å². The van der Waals surface area contributed by atoms with Crippen LogP contribution in [-0.4, -0.2) is 54.7 Å². The maximum absolute atomic E-state index is 12.4. The van der Waals surface area contributed by atoms with E-state index >= 15 is 0 Å². The molecule has 0 aromatic heterocycles. The van der Waals surface area contributed by atoms with Gasteiger partial charge in [-0.2, -0.15) is 0 Å². The van der Waals surface area contributed by atoms with E-state index < -0.39 is 0 Å². The number of hydrogen-bond donors (Lipinski definition) is 1. The number of carbonyl (C=O) groups is 4. The minimum absolute atomic E-state index is 0. The van der Waals surface area contributed by atoms with E-state index in [2.05, 4.69) is 5.32 Å². The zero-order chi connectivity index (χ0) is 23.5. The molecule has 1 radical (unpaired) electrons. The van der Waals surface area contributed by atoms with Crippen LogP contribution in [0.4, 0.5) is 0 Å². The van der Waals surface area contributed by atoms with Crippen LogP contribution in [0.3, 0.4) is 0 Å². The number of nitrogens with one attached hydrogen (secondary N) is 1. The molecule has 179 valence electrons. The summed E-state index contributed by atoms with van der Waals surface area (Å²) in [4.78, 5) is 48.9. The average Bonchev–Trinajstić information content (AvgIpc) is 3.43. The molecule has 31 heavy (non-hydrogen) atoms. The Kier molecular flexibility index (Phi) is 16.0. The van der Waals surface area contributed by atoms with Crippen molar-refractivity contribution in [3.63, 3.8) is 0 Å². The Labute approximate surface area is 215 Å². The van der Waals surface area contributed by atoms with E-state index in [0.29, 0.717) is 19.8 Å². The summed E-state index contributed by atoms with van der Waals surface area (Å²) in [5.74, 6) is -0.763. The van der Waals surface area contributed by atoms with Gasteiger partial charge in [0.25, 0.3) is 0 Å². The summed E-state index contributed by atoms with van der Waals surface area (Å²) in [7, 11) is 0.